The summed E-state index contributed by atoms with van der Waals surface area (Å²) in [6, 6.07) is 3.78. The van der Waals surface area contributed by atoms with E-state index in [0.717, 1.165) is 47.6 Å². The second-order valence-corrected chi connectivity index (χ2v) is 6.56. The molecule has 0 spiro atoms. The van der Waals surface area contributed by atoms with E-state index in [9.17, 15) is 4.79 Å². The molecule has 0 saturated heterocycles. The standard InChI is InChI=1S/C18H25N5O/c1-5-14-12(3)22-23(4)17(14)21-18(24)20-16(13-6-7-13)15-10-11(2)8-9-19-15/h8-10,13,16H,5-7H2,1-4H3,(H2,20,21,24)/t16-/m0/s1. The lowest BCUT2D eigenvalue weighted by atomic mass is 10.1. The molecule has 2 aromatic rings. The van der Waals surface area contributed by atoms with Crippen molar-refractivity contribution in [3.63, 3.8) is 0 Å². The maximum atomic E-state index is 12.6. The van der Waals surface area contributed by atoms with E-state index in [1.807, 2.05) is 27.0 Å². The maximum absolute atomic E-state index is 12.6. The number of pyridine rings is 1. The number of rotatable bonds is 5. The number of nitrogens with zero attached hydrogens (tertiary/aromatic N) is 3. The van der Waals surface area contributed by atoms with Crippen LogP contribution in [0, 0.1) is 19.8 Å². The Bertz CT molecular complexity index is 748. The second kappa shape index (κ2) is 6.63. The molecule has 1 atom stereocenters. The number of nitrogens with one attached hydrogen (secondary N) is 2. The fraction of sp³-hybridized carbons (Fsp3) is 0.500. The van der Waals surface area contributed by atoms with E-state index in [4.69, 9.17) is 0 Å². The highest BCUT2D eigenvalue weighted by Crippen LogP contribution is 2.40. The van der Waals surface area contributed by atoms with Gasteiger partial charge in [0.05, 0.1) is 17.4 Å². The molecule has 2 N–H and O–H groups in total. The minimum atomic E-state index is -0.201. The van der Waals surface area contributed by atoms with Gasteiger partial charge in [-0.3, -0.25) is 15.0 Å². The first-order valence-electron chi connectivity index (χ1n) is 8.52. The van der Waals surface area contributed by atoms with Gasteiger partial charge in [-0.05, 0) is 56.7 Å². The first-order valence-corrected chi connectivity index (χ1v) is 8.52. The van der Waals surface area contributed by atoms with E-state index in [0.29, 0.717) is 5.92 Å². The van der Waals surface area contributed by atoms with Crippen molar-refractivity contribution >= 4 is 11.8 Å². The number of carbonyl (C=O) groups excluding carboxylic acids is 1. The van der Waals surface area contributed by atoms with Gasteiger partial charge in [0.2, 0.25) is 0 Å². The zero-order valence-corrected chi connectivity index (χ0v) is 14.8. The van der Waals surface area contributed by atoms with E-state index in [1.54, 1.807) is 10.9 Å². The van der Waals surface area contributed by atoms with Crippen molar-refractivity contribution in [2.75, 3.05) is 5.32 Å². The van der Waals surface area contributed by atoms with E-state index in [2.05, 4.69) is 33.7 Å². The maximum Gasteiger partial charge on any atom is 0.320 e. The molecular formula is C18H25N5O. The number of urea groups is 1. The molecular weight excluding hydrogens is 302 g/mol. The molecule has 0 unspecified atom stereocenters. The third-order valence-corrected chi connectivity index (χ3v) is 4.57. The molecule has 6 nitrogen and oxygen atoms in total. The van der Waals surface area contributed by atoms with Crippen LogP contribution in [0.2, 0.25) is 0 Å². The average molecular weight is 327 g/mol. The van der Waals surface area contributed by atoms with Crippen molar-refractivity contribution < 1.29 is 4.79 Å². The Labute approximate surface area is 142 Å². The molecule has 0 radical (unpaired) electrons. The summed E-state index contributed by atoms with van der Waals surface area (Å²) >= 11 is 0. The Kier molecular flexibility index (Phi) is 4.55. The first-order chi connectivity index (χ1) is 11.5. The monoisotopic (exact) mass is 327 g/mol. The molecule has 2 amide bonds. The minimum absolute atomic E-state index is 0.0377. The van der Waals surface area contributed by atoms with Gasteiger partial charge in [0.1, 0.15) is 5.82 Å². The molecule has 128 valence electrons. The highest BCUT2D eigenvalue weighted by atomic mass is 16.2. The highest BCUT2D eigenvalue weighted by Gasteiger charge is 2.34. The van der Waals surface area contributed by atoms with E-state index in [1.165, 1.54) is 0 Å². The number of hydrogen-bond acceptors (Lipinski definition) is 3. The molecule has 2 heterocycles. The normalized spacial score (nSPS) is 15.2. The summed E-state index contributed by atoms with van der Waals surface area (Å²) in [5.74, 6) is 1.24. The molecule has 24 heavy (non-hydrogen) atoms. The van der Waals surface area contributed by atoms with Gasteiger partial charge >= 0.3 is 6.03 Å². The van der Waals surface area contributed by atoms with E-state index >= 15 is 0 Å². The van der Waals surface area contributed by atoms with Crippen LogP contribution in [0.1, 0.15) is 48.3 Å². The summed E-state index contributed by atoms with van der Waals surface area (Å²) in [5, 5.41) is 10.5. The van der Waals surface area contributed by atoms with E-state index in [-0.39, 0.29) is 12.1 Å². The predicted octanol–water partition coefficient (Wildman–Crippen LogP) is 3.27. The van der Waals surface area contributed by atoms with Crippen LogP contribution >= 0.6 is 0 Å². The van der Waals surface area contributed by atoms with Gasteiger partial charge in [-0.1, -0.05) is 6.92 Å². The van der Waals surface area contributed by atoms with Crippen molar-refractivity contribution in [2.24, 2.45) is 13.0 Å². The zero-order chi connectivity index (χ0) is 17.3. The molecule has 1 fully saturated rings. The first kappa shape index (κ1) is 16.5. The number of hydrogen-bond donors (Lipinski definition) is 2. The summed E-state index contributed by atoms with van der Waals surface area (Å²) < 4.78 is 1.73. The molecule has 0 bridgehead atoms. The molecule has 0 aliphatic heterocycles. The topological polar surface area (TPSA) is 71.8 Å². The van der Waals surface area contributed by atoms with E-state index < -0.39 is 0 Å². The highest BCUT2D eigenvalue weighted by molar-refractivity contribution is 5.89. The minimum Gasteiger partial charge on any atom is -0.329 e. The van der Waals surface area contributed by atoms with Gasteiger partial charge in [-0.15, -0.1) is 0 Å². The largest absolute Gasteiger partial charge is 0.329 e. The van der Waals surface area contributed by atoms with Crippen LogP contribution in [0.25, 0.3) is 0 Å². The van der Waals surface area contributed by atoms with Crippen molar-refractivity contribution in [1.82, 2.24) is 20.1 Å². The number of aryl methyl sites for hydroxylation is 3. The van der Waals surface area contributed by atoms with Crippen molar-refractivity contribution in [1.29, 1.82) is 0 Å². The Morgan fingerprint density at radius 2 is 2.17 bits per heavy atom. The molecule has 1 aliphatic rings. The van der Waals surface area contributed by atoms with Crippen LogP contribution < -0.4 is 10.6 Å². The van der Waals surface area contributed by atoms with Crippen molar-refractivity contribution in [3.8, 4) is 0 Å². The Morgan fingerprint density at radius 3 is 2.79 bits per heavy atom. The van der Waals surface area contributed by atoms with Gasteiger partial charge in [-0.2, -0.15) is 5.10 Å². The predicted molar refractivity (Wildman–Crippen MR) is 93.9 cm³/mol. The van der Waals surface area contributed by atoms with Crippen LogP contribution in [0.3, 0.4) is 0 Å². The van der Waals surface area contributed by atoms with Gasteiger partial charge in [0, 0.05) is 18.8 Å². The number of carbonyl (C=O) groups is 1. The molecule has 6 heteroatoms. The summed E-state index contributed by atoms with van der Waals surface area (Å²) in [4.78, 5) is 17.0. The fourth-order valence-electron chi connectivity index (χ4n) is 3.16. The van der Waals surface area contributed by atoms with Crippen LogP contribution in [0.4, 0.5) is 10.6 Å². The van der Waals surface area contributed by atoms with Crippen molar-refractivity contribution in [3.05, 3.63) is 40.8 Å². The van der Waals surface area contributed by atoms with Gasteiger partial charge < -0.3 is 5.32 Å². The molecule has 3 rings (SSSR count). The molecule has 1 aliphatic carbocycles. The fourth-order valence-corrected chi connectivity index (χ4v) is 3.16. The summed E-state index contributed by atoms with van der Waals surface area (Å²) in [6.07, 6.45) is 4.90. The van der Waals surface area contributed by atoms with Crippen LogP contribution in [0.5, 0.6) is 0 Å². The summed E-state index contributed by atoms with van der Waals surface area (Å²) in [6.45, 7) is 6.07. The zero-order valence-electron chi connectivity index (χ0n) is 14.8. The second-order valence-electron chi connectivity index (χ2n) is 6.56. The van der Waals surface area contributed by atoms with Gasteiger partial charge in [0.25, 0.3) is 0 Å². The number of anilines is 1. The Morgan fingerprint density at radius 1 is 1.42 bits per heavy atom. The van der Waals surface area contributed by atoms with Crippen LogP contribution in [0.15, 0.2) is 18.3 Å². The quantitative estimate of drug-likeness (QED) is 0.885. The summed E-state index contributed by atoms with van der Waals surface area (Å²) in [7, 11) is 1.85. The lowest BCUT2D eigenvalue weighted by molar-refractivity contribution is 0.246. The van der Waals surface area contributed by atoms with Crippen LogP contribution in [-0.4, -0.2) is 20.8 Å². The Balaban J connectivity index is 1.75. The third-order valence-electron chi connectivity index (χ3n) is 4.57. The van der Waals surface area contributed by atoms with Crippen LogP contribution in [-0.2, 0) is 13.5 Å². The lowest BCUT2D eigenvalue weighted by Crippen LogP contribution is -2.35. The average Bonchev–Trinajstić information content (AvgIpc) is 3.33. The summed E-state index contributed by atoms with van der Waals surface area (Å²) in [5.41, 5.74) is 4.12. The van der Waals surface area contributed by atoms with Gasteiger partial charge in [0.15, 0.2) is 0 Å². The van der Waals surface area contributed by atoms with Gasteiger partial charge in [-0.25, -0.2) is 4.79 Å². The number of amides is 2. The Hall–Kier alpha value is -2.37. The van der Waals surface area contributed by atoms with Crippen molar-refractivity contribution in [2.45, 2.75) is 46.1 Å². The third kappa shape index (κ3) is 3.42. The molecule has 1 saturated carbocycles. The smallest absolute Gasteiger partial charge is 0.320 e. The lowest BCUT2D eigenvalue weighted by Gasteiger charge is -2.19. The number of aromatic nitrogens is 3. The molecule has 0 aromatic carbocycles. The SMILES string of the molecule is CCc1c(C)nn(C)c1NC(=O)N[C@H](c1cc(C)ccn1)C1CC1. The molecule has 2 aromatic heterocycles.